The number of aromatic nitrogens is 4. The average molecular weight is 694 g/mol. The predicted octanol–water partition coefficient (Wildman–Crippen LogP) is 11.4. The molecule has 4 aromatic heterocycles. The number of allylic oxidation sites excluding steroid dienone is 2. The number of dihydropyridines is 1. The first-order valence-corrected chi connectivity index (χ1v) is 18.0. The fourth-order valence-electron chi connectivity index (χ4n) is 7.05. The van der Waals surface area contributed by atoms with Crippen molar-refractivity contribution in [2.24, 2.45) is 0 Å². The Balaban J connectivity index is 1.07. The molecule has 0 saturated carbocycles. The van der Waals surface area contributed by atoms with Crippen LogP contribution in [0.1, 0.15) is 5.56 Å². The lowest BCUT2D eigenvalue weighted by Gasteiger charge is -2.15. The van der Waals surface area contributed by atoms with Crippen LogP contribution in [0.4, 0.5) is 0 Å². The number of pyridine rings is 4. The summed E-state index contributed by atoms with van der Waals surface area (Å²) in [4.78, 5) is 17.9. The Bertz CT molecular complexity index is 2590. The normalized spacial score (nSPS) is 12.2. The van der Waals surface area contributed by atoms with Crippen molar-refractivity contribution >= 4 is 5.57 Å². The highest BCUT2D eigenvalue weighted by molar-refractivity contribution is 5.85. The SMILES string of the molecule is C1=CNCC(c2cc(-c3cccnc3)cc(-c3cccc(-c4cncc(-c5cccc(-c6cc(-c7cccnc7)cc(-c7cccnc7)c6)c5)c4)c3)c2)=C1. The molecule has 0 saturated heterocycles. The van der Waals surface area contributed by atoms with Gasteiger partial charge in [0, 0.05) is 83.9 Å². The molecule has 5 nitrogen and oxygen atoms in total. The molecule has 0 unspecified atom stereocenters. The Hall–Kier alpha value is -7.24. The third-order valence-electron chi connectivity index (χ3n) is 9.82. The second kappa shape index (κ2) is 14.8. The van der Waals surface area contributed by atoms with Crippen LogP contribution in [0.5, 0.6) is 0 Å². The number of hydrogen-bond acceptors (Lipinski definition) is 5. The number of hydrogen-bond donors (Lipinski definition) is 1. The van der Waals surface area contributed by atoms with E-state index in [0.29, 0.717) is 0 Å². The van der Waals surface area contributed by atoms with Gasteiger partial charge >= 0.3 is 0 Å². The minimum Gasteiger partial charge on any atom is -0.387 e. The van der Waals surface area contributed by atoms with Gasteiger partial charge in [-0.3, -0.25) is 19.9 Å². The van der Waals surface area contributed by atoms with Crippen molar-refractivity contribution in [1.82, 2.24) is 25.3 Å². The first-order valence-electron chi connectivity index (χ1n) is 18.0. The van der Waals surface area contributed by atoms with Gasteiger partial charge in [-0.1, -0.05) is 60.7 Å². The molecule has 9 rings (SSSR count). The Morgan fingerprint density at radius 1 is 0.333 bits per heavy atom. The lowest BCUT2D eigenvalue weighted by molar-refractivity contribution is 0.986. The van der Waals surface area contributed by atoms with Crippen molar-refractivity contribution in [3.8, 4) is 77.9 Å². The largest absolute Gasteiger partial charge is 0.387 e. The fourth-order valence-corrected chi connectivity index (χ4v) is 7.05. The summed E-state index contributed by atoms with van der Waals surface area (Å²) in [7, 11) is 0. The Labute approximate surface area is 315 Å². The number of nitrogens with one attached hydrogen (secondary N) is 1. The first kappa shape index (κ1) is 32.7. The number of benzene rings is 4. The van der Waals surface area contributed by atoms with Crippen molar-refractivity contribution in [3.63, 3.8) is 0 Å². The molecule has 0 spiro atoms. The van der Waals surface area contributed by atoms with Crippen LogP contribution in [-0.4, -0.2) is 26.5 Å². The van der Waals surface area contributed by atoms with E-state index in [0.717, 1.165) is 84.4 Å². The van der Waals surface area contributed by atoms with Crippen LogP contribution >= 0.6 is 0 Å². The average Bonchev–Trinajstić information content (AvgIpc) is 3.27. The first-order chi connectivity index (χ1) is 26.7. The van der Waals surface area contributed by atoms with Crippen LogP contribution < -0.4 is 5.32 Å². The van der Waals surface area contributed by atoms with Crippen molar-refractivity contribution in [2.45, 2.75) is 0 Å². The summed E-state index contributed by atoms with van der Waals surface area (Å²) in [5, 5.41) is 3.36. The van der Waals surface area contributed by atoms with E-state index in [2.05, 4.69) is 142 Å². The highest BCUT2D eigenvalue weighted by atomic mass is 14.8. The van der Waals surface area contributed by atoms with Crippen LogP contribution in [0.15, 0.2) is 195 Å². The van der Waals surface area contributed by atoms with Crippen LogP contribution in [0.25, 0.3) is 83.5 Å². The monoisotopic (exact) mass is 693 g/mol. The van der Waals surface area contributed by atoms with Crippen LogP contribution in [0.3, 0.4) is 0 Å². The van der Waals surface area contributed by atoms with E-state index in [1.165, 1.54) is 11.1 Å². The maximum atomic E-state index is 4.74. The van der Waals surface area contributed by atoms with E-state index >= 15 is 0 Å². The van der Waals surface area contributed by atoms with Crippen LogP contribution in [-0.2, 0) is 0 Å². The van der Waals surface area contributed by atoms with Crippen LogP contribution in [0.2, 0.25) is 0 Å². The molecular weight excluding hydrogens is 659 g/mol. The molecule has 5 heterocycles. The second-order valence-corrected chi connectivity index (χ2v) is 13.4. The van der Waals surface area contributed by atoms with Gasteiger partial charge in [0.25, 0.3) is 0 Å². The van der Waals surface area contributed by atoms with E-state index in [-0.39, 0.29) is 0 Å². The molecule has 0 aliphatic carbocycles. The summed E-state index contributed by atoms with van der Waals surface area (Å²) in [6, 6.07) is 45.4. The lowest BCUT2D eigenvalue weighted by Crippen LogP contribution is -2.11. The van der Waals surface area contributed by atoms with E-state index in [4.69, 9.17) is 4.98 Å². The van der Waals surface area contributed by atoms with E-state index < -0.39 is 0 Å². The molecule has 0 amide bonds. The molecule has 0 atom stereocenters. The molecule has 1 N–H and O–H groups in total. The van der Waals surface area contributed by atoms with Gasteiger partial charge in [0.15, 0.2) is 0 Å². The van der Waals surface area contributed by atoms with Crippen molar-refractivity contribution < 1.29 is 0 Å². The summed E-state index contributed by atoms with van der Waals surface area (Å²) in [5.41, 5.74) is 17.9. The van der Waals surface area contributed by atoms with Gasteiger partial charge in [0.05, 0.1) is 0 Å². The van der Waals surface area contributed by atoms with Gasteiger partial charge in [-0.05, 0) is 146 Å². The minimum absolute atomic E-state index is 0.785. The van der Waals surface area contributed by atoms with E-state index in [1.807, 2.05) is 61.6 Å². The molecule has 256 valence electrons. The van der Waals surface area contributed by atoms with Gasteiger partial charge in [0.2, 0.25) is 0 Å². The molecule has 8 aromatic rings. The fraction of sp³-hybridized carbons (Fsp3) is 0.0204. The molecule has 1 aliphatic rings. The zero-order valence-electron chi connectivity index (χ0n) is 29.5. The zero-order chi connectivity index (χ0) is 36.1. The number of nitrogens with zero attached hydrogens (tertiary/aromatic N) is 4. The van der Waals surface area contributed by atoms with E-state index in [1.54, 1.807) is 12.4 Å². The molecule has 1 aliphatic heterocycles. The second-order valence-electron chi connectivity index (χ2n) is 13.4. The highest BCUT2D eigenvalue weighted by Crippen LogP contribution is 2.36. The summed E-state index contributed by atoms with van der Waals surface area (Å²) < 4.78 is 0. The summed E-state index contributed by atoms with van der Waals surface area (Å²) >= 11 is 0. The number of rotatable bonds is 8. The molecule has 0 fully saturated rings. The van der Waals surface area contributed by atoms with Crippen molar-refractivity contribution in [2.75, 3.05) is 6.54 Å². The van der Waals surface area contributed by atoms with Gasteiger partial charge in [-0.2, -0.15) is 0 Å². The van der Waals surface area contributed by atoms with E-state index in [9.17, 15) is 0 Å². The molecule has 5 heteroatoms. The summed E-state index contributed by atoms with van der Waals surface area (Å²) in [5.74, 6) is 0. The zero-order valence-corrected chi connectivity index (χ0v) is 29.5. The van der Waals surface area contributed by atoms with Crippen LogP contribution in [0, 0.1) is 0 Å². The van der Waals surface area contributed by atoms with Gasteiger partial charge in [-0.15, -0.1) is 0 Å². The lowest BCUT2D eigenvalue weighted by atomic mass is 9.91. The third kappa shape index (κ3) is 6.99. The van der Waals surface area contributed by atoms with Gasteiger partial charge < -0.3 is 5.32 Å². The topological polar surface area (TPSA) is 63.6 Å². The van der Waals surface area contributed by atoms with Crippen molar-refractivity contribution in [3.05, 3.63) is 201 Å². The Morgan fingerprint density at radius 2 is 0.685 bits per heavy atom. The van der Waals surface area contributed by atoms with Crippen molar-refractivity contribution in [1.29, 1.82) is 0 Å². The molecule has 4 aromatic carbocycles. The molecule has 54 heavy (non-hydrogen) atoms. The van der Waals surface area contributed by atoms with Gasteiger partial charge in [0.1, 0.15) is 0 Å². The maximum absolute atomic E-state index is 4.74. The Morgan fingerprint density at radius 3 is 1.09 bits per heavy atom. The maximum Gasteiger partial charge on any atom is 0.0401 e. The predicted molar refractivity (Wildman–Crippen MR) is 221 cm³/mol. The summed E-state index contributed by atoms with van der Waals surface area (Å²) in [6.45, 7) is 0.785. The quantitative estimate of drug-likeness (QED) is 0.172. The van der Waals surface area contributed by atoms with Gasteiger partial charge in [-0.25, -0.2) is 0 Å². The standard InChI is InChI=1S/C49H35N5/c1-7-34(42-21-44(38-11-3-15-50-28-38)25-45(22-42)39-12-4-16-51-29-39)19-36(9-1)48-27-49(33-54-32-48)37-10-2-8-35(20-37)43-23-46(40-13-5-17-52-30-40)26-47(24-43)41-14-6-18-53-31-41/h1-30,32-33,53H,31H2. The highest BCUT2D eigenvalue weighted by Gasteiger charge is 2.13. The Kier molecular flexibility index (Phi) is 8.94. The third-order valence-corrected chi connectivity index (χ3v) is 9.82. The smallest absolute Gasteiger partial charge is 0.0401 e. The molecular formula is C49H35N5. The summed E-state index contributed by atoms with van der Waals surface area (Å²) in [6.07, 6.45) is 21.3. The molecule has 0 radical (unpaired) electrons. The molecule has 0 bridgehead atoms. The minimum atomic E-state index is 0.785.